The highest BCUT2D eigenvalue weighted by atomic mass is 16.5. The third-order valence-corrected chi connectivity index (χ3v) is 5.26. The number of piperazine rings is 1. The van der Waals surface area contributed by atoms with Gasteiger partial charge in [0, 0.05) is 38.6 Å². The summed E-state index contributed by atoms with van der Waals surface area (Å²) >= 11 is 0. The minimum Gasteiger partial charge on any atom is -0.484 e. The van der Waals surface area contributed by atoms with E-state index in [1.54, 1.807) is 18.2 Å². The third-order valence-electron chi connectivity index (χ3n) is 5.26. The van der Waals surface area contributed by atoms with Gasteiger partial charge in [0.15, 0.2) is 6.61 Å². The Bertz CT molecular complexity index is 712. The lowest BCUT2D eigenvalue weighted by molar-refractivity contribution is -0.136. The molecule has 1 atom stereocenters. The van der Waals surface area contributed by atoms with Gasteiger partial charge in [-0.3, -0.25) is 24.6 Å². The number of piperidine rings is 1. The summed E-state index contributed by atoms with van der Waals surface area (Å²) in [6, 6.07) is 7.71. The van der Waals surface area contributed by atoms with E-state index in [2.05, 4.69) is 24.1 Å². The molecule has 1 aromatic carbocycles. The Morgan fingerprint density at radius 2 is 1.86 bits per heavy atom. The quantitative estimate of drug-likeness (QED) is 0.763. The van der Waals surface area contributed by atoms with Crippen LogP contribution in [0.4, 0.5) is 0 Å². The number of hydrogen-bond acceptors (Lipinski definition) is 5. The van der Waals surface area contributed by atoms with Gasteiger partial charge in [-0.25, -0.2) is 0 Å². The van der Waals surface area contributed by atoms with Gasteiger partial charge < -0.3 is 9.64 Å². The molecule has 0 radical (unpaired) electrons. The molecule has 2 aliphatic rings. The highest BCUT2D eigenvalue weighted by Crippen LogP contribution is 2.27. The lowest BCUT2D eigenvalue weighted by atomic mass is 9.90. The van der Waals surface area contributed by atoms with Crippen molar-refractivity contribution < 1.29 is 19.1 Å². The van der Waals surface area contributed by atoms with Crippen LogP contribution in [-0.4, -0.2) is 66.3 Å². The Hall–Kier alpha value is -2.41. The van der Waals surface area contributed by atoms with Gasteiger partial charge >= 0.3 is 0 Å². The van der Waals surface area contributed by atoms with E-state index in [-0.39, 0.29) is 30.2 Å². The van der Waals surface area contributed by atoms with Crippen LogP contribution in [0.2, 0.25) is 0 Å². The molecule has 2 saturated heterocycles. The smallest absolute Gasteiger partial charge is 0.260 e. The number of amides is 3. The molecule has 3 rings (SSSR count). The van der Waals surface area contributed by atoms with E-state index in [0.29, 0.717) is 24.6 Å². The first kappa shape index (κ1) is 22.9. The summed E-state index contributed by atoms with van der Waals surface area (Å²) in [7, 11) is 0. The summed E-state index contributed by atoms with van der Waals surface area (Å²) in [6.07, 6.45) is 0.829. The minimum atomic E-state index is -0.355. The fourth-order valence-electron chi connectivity index (χ4n) is 3.56. The zero-order valence-corrected chi connectivity index (χ0v) is 17.9. The molecule has 7 heteroatoms. The highest BCUT2D eigenvalue weighted by Gasteiger charge is 2.28. The highest BCUT2D eigenvalue weighted by molar-refractivity contribution is 6.00. The summed E-state index contributed by atoms with van der Waals surface area (Å²) in [6.45, 7) is 11.5. The van der Waals surface area contributed by atoms with Crippen LogP contribution >= 0.6 is 0 Å². The lowest BCUT2D eigenvalue weighted by Crippen LogP contribution is -2.51. The van der Waals surface area contributed by atoms with Crippen molar-refractivity contribution in [1.82, 2.24) is 15.1 Å². The standard InChI is InChI=1S/C20H27N3O4.C2H6/c1-14(2)22-8-10-23(11-9-22)19(25)13-27-16-5-3-4-15(12-16)17-6-7-18(24)21-20(17)26;1-2/h3-5,12,14,17H,6-11,13H2,1-2H3,(H,21,24,26);1-2H3. The Morgan fingerprint density at radius 1 is 1.17 bits per heavy atom. The maximum Gasteiger partial charge on any atom is 0.260 e. The fourth-order valence-corrected chi connectivity index (χ4v) is 3.56. The van der Waals surface area contributed by atoms with E-state index in [4.69, 9.17) is 4.74 Å². The van der Waals surface area contributed by atoms with Gasteiger partial charge in [-0.1, -0.05) is 26.0 Å². The minimum absolute atomic E-state index is 0.0134. The molecular formula is C22H33N3O4. The number of nitrogens with one attached hydrogen (secondary N) is 1. The molecule has 7 nitrogen and oxygen atoms in total. The van der Waals surface area contributed by atoms with Crippen molar-refractivity contribution in [2.75, 3.05) is 32.8 Å². The van der Waals surface area contributed by atoms with Crippen LogP contribution in [0.15, 0.2) is 24.3 Å². The molecule has 0 spiro atoms. The van der Waals surface area contributed by atoms with Crippen molar-refractivity contribution in [3.05, 3.63) is 29.8 Å². The van der Waals surface area contributed by atoms with Crippen LogP contribution in [0.1, 0.15) is 52.0 Å². The molecule has 1 N–H and O–H groups in total. The van der Waals surface area contributed by atoms with Crippen molar-refractivity contribution in [3.8, 4) is 5.75 Å². The van der Waals surface area contributed by atoms with Gasteiger partial charge in [0.05, 0.1) is 5.92 Å². The number of nitrogens with zero attached hydrogens (tertiary/aromatic N) is 2. The Kier molecular flexibility index (Phi) is 8.64. The zero-order valence-electron chi connectivity index (χ0n) is 17.9. The topological polar surface area (TPSA) is 79.0 Å². The van der Waals surface area contributed by atoms with Crippen LogP contribution in [0, 0.1) is 0 Å². The summed E-state index contributed by atoms with van der Waals surface area (Å²) in [5.41, 5.74) is 0.801. The molecule has 160 valence electrons. The largest absolute Gasteiger partial charge is 0.484 e. The van der Waals surface area contributed by atoms with Crippen LogP contribution in [0.5, 0.6) is 5.75 Å². The number of benzene rings is 1. The molecule has 0 saturated carbocycles. The van der Waals surface area contributed by atoms with Crippen LogP contribution in [0.25, 0.3) is 0 Å². The van der Waals surface area contributed by atoms with E-state index in [1.165, 1.54) is 0 Å². The molecule has 0 aliphatic carbocycles. The Balaban J connectivity index is 0.00000145. The van der Waals surface area contributed by atoms with E-state index in [1.807, 2.05) is 24.8 Å². The third kappa shape index (κ3) is 6.29. The van der Waals surface area contributed by atoms with Gasteiger partial charge in [0.1, 0.15) is 5.75 Å². The SMILES string of the molecule is CC.CC(C)N1CCN(C(=O)COc2cccc(C3CCC(=O)NC3=O)c2)CC1. The number of ether oxygens (including phenoxy) is 1. The van der Waals surface area contributed by atoms with E-state index >= 15 is 0 Å². The first-order chi connectivity index (χ1) is 13.9. The zero-order chi connectivity index (χ0) is 21.4. The Labute approximate surface area is 173 Å². The number of imide groups is 1. The second kappa shape index (κ2) is 11.0. The molecule has 0 aromatic heterocycles. The second-order valence-electron chi connectivity index (χ2n) is 7.38. The predicted octanol–water partition coefficient (Wildman–Crippen LogP) is 2.16. The molecule has 2 fully saturated rings. The van der Waals surface area contributed by atoms with E-state index < -0.39 is 0 Å². The summed E-state index contributed by atoms with van der Waals surface area (Å²) < 4.78 is 5.68. The number of hydrogen-bond donors (Lipinski definition) is 1. The van der Waals surface area contributed by atoms with Crippen molar-refractivity contribution in [2.45, 2.75) is 52.5 Å². The fraction of sp³-hybridized carbons (Fsp3) is 0.591. The molecule has 2 aliphatic heterocycles. The monoisotopic (exact) mass is 403 g/mol. The van der Waals surface area contributed by atoms with Crippen molar-refractivity contribution in [1.29, 1.82) is 0 Å². The molecule has 1 unspecified atom stereocenters. The average Bonchev–Trinajstić information content (AvgIpc) is 2.73. The molecular weight excluding hydrogens is 370 g/mol. The molecule has 0 bridgehead atoms. The Morgan fingerprint density at radius 3 is 2.48 bits per heavy atom. The van der Waals surface area contributed by atoms with Gasteiger partial charge in [-0.2, -0.15) is 0 Å². The van der Waals surface area contributed by atoms with Crippen molar-refractivity contribution in [3.63, 3.8) is 0 Å². The number of rotatable bonds is 5. The summed E-state index contributed by atoms with van der Waals surface area (Å²) in [4.78, 5) is 39.9. The second-order valence-corrected chi connectivity index (χ2v) is 7.38. The molecule has 1 aromatic rings. The molecule has 29 heavy (non-hydrogen) atoms. The average molecular weight is 404 g/mol. The van der Waals surface area contributed by atoms with Gasteiger partial charge in [0.25, 0.3) is 5.91 Å². The first-order valence-corrected chi connectivity index (χ1v) is 10.5. The van der Waals surface area contributed by atoms with Crippen molar-refractivity contribution in [2.24, 2.45) is 0 Å². The van der Waals surface area contributed by atoms with Crippen molar-refractivity contribution >= 4 is 17.7 Å². The van der Waals surface area contributed by atoms with Crippen LogP contribution in [0.3, 0.4) is 0 Å². The number of carbonyl (C=O) groups excluding carboxylic acids is 3. The first-order valence-electron chi connectivity index (χ1n) is 10.5. The van der Waals surface area contributed by atoms with Gasteiger partial charge in [0.2, 0.25) is 11.8 Å². The summed E-state index contributed by atoms with van der Waals surface area (Å²) in [5.74, 6) is -0.323. The normalized spacial score (nSPS) is 20.0. The maximum atomic E-state index is 12.4. The van der Waals surface area contributed by atoms with Gasteiger partial charge in [-0.15, -0.1) is 0 Å². The van der Waals surface area contributed by atoms with Crippen LogP contribution < -0.4 is 10.1 Å². The lowest BCUT2D eigenvalue weighted by Gasteiger charge is -2.36. The van der Waals surface area contributed by atoms with E-state index in [0.717, 1.165) is 31.7 Å². The maximum absolute atomic E-state index is 12.4. The van der Waals surface area contributed by atoms with Gasteiger partial charge in [-0.05, 0) is 38.0 Å². The van der Waals surface area contributed by atoms with E-state index in [9.17, 15) is 14.4 Å². The van der Waals surface area contributed by atoms with Crippen LogP contribution in [-0.2, 0) is 14.4 Å². The molecule has 3 amide bonds. The predicted molar refractivity (Wildman–Crippen MR) is 112 cm³/mol. The summed E-state index contributed by atoms with van der Waals surface area (Å²) in [5, 5.41) is 2.37. The number of carbonyl (C=O) groups is 3. The molecule has 2 heterocycles.